The van der Waals surface area contributed by atoms with Crippen molar-refractivity contribution in [3.05, 3.63) is 71.1 Å². The molecule has 8 heteroatoms. The molecule has 0 aliphatic carbocycles. The molecule has 2 aromatic heterocycles. The first-order valence-electron chi connectivity index (χ1n) is 9.99. The Morgan fingerprint density at radius 3 is 2.29 bits per heavy atom. The fourth-order valence-corrected chi connectivity index (χ4v) is 3.84. The van der Waals surface area contributed by atoms with Gasteiger partial charge in [-0.25, -0.2) is 4.68 Å². The van der Waals surface area contributed by atoms with Crippen molar-refractivity contribution in [2.24, 2.45) is 0 Å². The minimum Gasteiger partial charge on any atom is -0.858 e. The van der Waals surface area contributed by atoms with Crippen LogP contribution in [-0.4, -0.2) is 32.5 Å². The Kier molecular flexibility index (Phi) is 5.37. The highest BCUT2D eigenvalue weighted by atomic mass is 35.5. The second-order valence-corrected chi connectivity index (χ2v) is 7.89. The molecule has 0 N–H and O–H groups in total. The molecule has 3 aromatic rings. The molecule has 3 heterocycles. The maximum atomic E-state index is 13.5. The number of nitrogens with zero attached hydrogens (tertiary/aromatic N) is 4. The van der Waals surface area contributed by atoms with Crippen molar-refractivity contribution < 1.29 is 19.3 Å². The Bertz CT molecular complexity index is 1200. The summed E-state index contributed by atoms with van der Waals surface area (Å²) in [4.78, 5) is 27.8. The van der Waals surface area contributed by atoms with E-state index >= 15 is 0 Å². The summed E-state index contributed by atoms with van der Waals surface area (Å²) in [7, 11) is 0. The summed E-state index contributed by atoms with van der Waals surface area (Å²) in [6, 6.07) is 11.7. The van der Waals surface area contributed by atoms with Crippen LogP contribution in [0, 0.1) is 0 Å². The van der Waals surface area contributed by atoms with Crippen LogP contribution in [-0.2, 0) is 16.0 Å². The van der Waals surface area contributed by atoms with Gasteiger partial charge in [-0.1, -0.05) is 24.6 Å². The number of imide groups is 1. The minimum absolute atomic E-state index is 0.0805. The fourth-order valence-electron chi connectivity index (χ4n) is 3.72. The standard InChI is InChI=1S/C23H21ClN4O3/c1-4-17-18(22(30)28(25-17)16-10-8-15(24)9-11-16)19-20(26-12-6-5-7-13-26)23(31)27(14(2)3)21(19)29/h5-14H,4H2,1-3H3. The van der Waals surface area contributed by atoms with E-state index in [2.05, 4.69) is 5.10 Å². The molecule has 0 radical (unpaired) electrons. The van der Waals surface area contributed by atoms with Gasteiger partial charge in [-0.15, -0.1) is 0 Å². The Morgan fingerprint density at radius 2 is 1.71 bits per heavy atom. The van der Waals surface area contributed by atoms with Crippen LogP contribution in [0.1, 0.15) is 32.0 Å². The predicted octanol–water partition coefficient (Wildman–Crippen LogP) is 2.59. The zero-order chi connectivity index (χ0) is 22.3. The summed E-state index contributed by atoms with van der Waals surface area (Å²) in [5.74, 6) is -1.38. The first-order valence-corrected chi connectivity index (χ1v) is 10.4. The number of hydrogen-bond donors (Lipinski definition) is 0. The molecule has 0 atom stereocenters. The maximum absolute atomic E-state index is 13.5. The summed E-state index contributed by atoms with van der Waals surface area (Å²) in [6.45, 7) is 5.39. The van der Waals surface area contributed by atoms with E-state index in [1.54, 1.807) is 67.2 Å². The van der Waals surface area contributed by atoms with Crippen molar-refractivity contribution in [3.63, 3.8) is 0 Å². The van der Waals surface area contributed by atoms with Gasteiger partial charge in [0.1, 0.15) is 5.57 Å². The first kappa shape index (κ1) is 20.8. The van der Waals surface area contributed by atoms with Crippen LogP contribution in [0.15, 0.2) is 54.9 Å². The summed E-state index contributed by atoms with van der Waals surface area (Å²) in [5.41, 5.74) is 1.38. The van der Waals surface area contributed by atoms with Gasteiger partial charge >= 0.3 is 5.91 Å². The lowest BCUT2D eigenvalue weighted by molar-refractivity contribution is -0.576. The monoisotopic (exact) mass is 436 g/mol. The largest absolute Gasteiger partial charge is 0.858 e. The summed E-state index contributed by atoms with van der Waals surface area (Å²) < 4.78 is 2.83. The summed E-state index contributed by atoms with van der Waals surface area (Å²) >= 11 is 5.97. The number of halogens is 1. The number of aryl methyl sites for hydroxylation is 1. The number of pyridine rings is 1. The average molecular weight is 437 g/mol. The SMILES string of the molecule is CCc1nn(-c2ccc(Cl)cc2)c([O-])c1C1=C([n+]2ccccc2)C(=O)N(C(C)C)C1=O. The number of carbonyl (C=O) groups excluding carboxylic acids is 2. The Balaban J connectivity index is 1.99. The van der Waals surface area contributed by atoms with Crippen LogP contribution in [0.2, 0.25) is 5.02 Å². The normalized spacial score (nSPS) is 14.3. The number of aromatic nitrogens is 3. The highest BCUT2D eigenvalue weighted by molar-refractivity contribution is 6.45. The van der Waals surface area contributed by atoms with Gasteiger partial charge in [0, 0.05) is 28.8 Å². The molecule has 0 bridgehead atoms. The van der Waals surface area contributed by atoms with E-state index < -0.39 is 17.7 Å². The van der Waals surface area contributed by atoms with E-state index in [0.717, 1.165) is 0 Å². The highest BCUT2D eigenvalue weighted by Crippen LogP contribution is 2.37. The molecule has 1 aliphatic rings. The van der Waals surface area contributed by atoms with Crippen LogP contribution in [0.3, 0.4) is 0 Å². The fraction of sp³-hybridized carbons (Fsp3) is 0.217. The van der Waals surface area contributed by atoms with Gasteiger partial charge in [0.25, 0.3) is 11.6 Å². The summed E-state index contributed by atoms with van der Waals surface area (Å²) in [6.07, 6.45) is 3.79. The molecule has 4 rings (SSSR count). The van der Waals surface area contributed by atoms with Crippen molar-refractivity contribution in [2.75, 3.05) is 0 Å². The van der Waals surface area contributed by atoms with Gasteiger partial charge in [0.2, 0.25) is 0 Å². The van der Waals surface area contributed by atoms with Crippen LogP contribution in [0.25, 0.3) is 17.0 Å². The van der Waals surface area contributed by atoms with E-state index in [-0.39, 0.29) is 22.9 Å². The third-order valence-corrected chi connectivity index (χ3v) is 5.40. The lowest BCUT2D eigenvalue weighted by atomic mass is 10.0. The molecule has 1 aliphatic heterocycles. The zero-order valence-electron chi connectivity index (χ0n) is 17.4. The van der Waals surface area contributed by atoms with Gasteiger partial charge in [-0.2, -0.15) is 9.67 Å². The smallest absolute Gasteiger partial charge is 0.327 e. The number of benzene rings is 1. The van der Waals surface area contributed by atoms with E-state index in [1.165, 1.54) is 9.58 Å². The van der Waals surface area contributed by atoms with Crippen LogP contribution in [0.5, 0.6) is 5.88 Å². The molecule has 0 saturated heterocycles. The predicted molar refractivity (Wildman–Crippen MR) is 114 cm³/mol. The minimum atomic E-state index is -0.492. The molecule has 0 fully saturated rings. The second-order valence-electron chi connectivity index (χ2n) is 7.45. The Labute approximate surface area is 184 Å². The Morgan fingerprint density at radius 1 is 1.06 bits per heavy atom. The molecular formula is C23H21ClN4O3. The van der Waals surface area contributed by atoms with Crippen molar-refractivity contribution >= 4 is 34.7 Å². The number of amides is 2. The van der Waals surface area contributed by atoms with Gasteiger partial charge in [0.05, 0.1) is 11.4 Å². The van der Waals surface area contributed by atoms with Crippen LogP contribution >= 0.6 is 11.6 Å². The third kappa shape index (κ3) is 3.41. The van der Waals surface area contributed by atoms with Gasteiger partial charge in [-0.05, 0) is 50.4 Å². The number of hydrogen-bond acceptors (Lipinski definition) is 4. The van der Waals surface area contributed by atoms with Gasteiger partial charge in [0.15, 0.2) is 12.4 Å². The molecule has 1 aromatic carbocycles. The molecular weight excluding hydrogens is 416 g/mol. The molecule has 31 heavy (non-hydrogen) atoms. The molecule has 0 saturated carbocycles. The van der Waals surface area contributed by atoms with Crippen molar-refractivity contribution in [1.82, 2.24) is 14.7 Å². The molecule has 0 unspecified atom stereocenters. The lowest BCUT2D eigenvalue weighted by Gasteiger charge is -2.18. The average Bonchev–Trinajstić information content (AvgIpc) is 3.21. The maximum Gasteiger partial charge on any atom is 0.327 e. The first-order chi connectivity index (χ1) is 14.8. The van der Waals surface area contributed by atoms with E-state index in [4.69, 9.17) is 11.6 Å². The molecule has 2 amide bonds. The third-order valence-electron chi connectivity index (χ3n) is 5.15. The Hall–Kier alpha value is -3.45. The van der Waals surface area contributed by atoms with Gasteiger partial charge < -0.3 is 5.11 Å². The van der Waals surface area contributed by atoms with Crippen LogP contribution in [0.4, 0.5) is 0 Å². The lowest BCUT2D eigenvalue weighted by Crippen LogP contribution is -2.42. The van der Waals surface area contributed by atoms with Crippen molar-refractivity contribution in [1.29, 1.82) is 0 Å². The summed E-state index contributed by atoms with van der Waals surface area (Å²) in [5, 5.41) is 18.5. The van der Waals surface area contributed by atoms with Gasteiger partial charge in [-0.3, -0.25) is 14.5 Å². The molecule has 7 nitrogen and oxygen atoms in total. The van der Waals surface area contributed by atoms with Crippen LogP contribution < -0.4 is 9.67 Å². The topological polar surface area (TPSA) is 82.1 Å². The second kappa shape index (κ2) is 8.00. The molecule has 158 valence electrons. The van der Waals surface area contributed by atoms with E-state index in [0.29, 0.717) is 22.8 Å². The number of carbonyl (C=O) groups is 2. The zero-order valence-corrected chi connectivity index (χ0v) is 18.1. The van der Waals surface area contributed by atoms with E-state index in [9.17, 15) is 14.7 Å². The van der Waals surface area contributed by atoms with Crippen molar-refractivity contribution in [2.45, 2.75) is 33.2 Å². The van der Waals surface area contributed by atoms with Crippen molar-refractivity contribution in [3.8, 4) is 11.6 Å². The highest BCUT2D eigenvalue weighted by Gasteiger charge is 2.47. The quantitative estimate of drug-likeness (QED) is 0.454. The van der Waals surface area contributed by atoms with E-state index in [1.807, 2.05) is 13.0 Å². The number of rotatable bonds is 5. The molecule has 0 spiro atoms.